The second kappa shape index (κ2) is 12.6. The van der Waals surface area contributed by atoms with Gasteiger partial charge in [0.1, 0.15) is 11.8 Å². The van der Waals surface area contributed by atoms with Crippen molar-refractivity contribution < 1.29 is 19.1 Å². The molecule has 176 valence electrons. The molecule has 2 aromatic carbocycles. The number of rotatable bonds is 3. The Morgan fingerprint density at radius 1 is 1.03 bits per heavy atom. The summed E-state index contributed by atoms with van der Waals surface area (Å²) < 4.78 is 5.87. The molecular formula is C26H33N3O4. The highest BCUT2D eigenvalue weighted by molar-refractivity contribution is 5.99. The second-order valence-electron chi connectivity index (χ2n) is 8.34. The van der Waals surface area contributed by atoms with Gasteiger partial charge in [-0.25, -0.2) is 0 Å². The van der Waals surface area contributed by atoms with Crippen LogP contribution in [0.15, 0.2) is 54.6 Å². The van der Waals surface area contributed by atoms with Gasteiger partial charge in [-0.2, -0.15) is 0 Å². The Balaban J connectivity index is 1.75. The van der Waals surface area contributed by atoms with Crippen LogP contribution in [0, 0.1) is 0 Å². The lowest BCUT2D eigenvalue weighted by atomic mass is 10.1. The van der Waals surface area contributed by atoms with Gasteiger partial charge in [0.05, 0.1) is 12.2 Å². The Morgan fingerprint density at radius 2 is 1.76 bits per heavy atom. The van der Waals surface area contributed by atoms with Crippen molar-refractivity contribution in [2.24, 2.45) is 0 Å². The molecule has 7 heteroatoms. The summed E-state index contributed by atoms with van der Waals surface area (Å²) >= 11 is 0. The van der Waals surface area contributed by atoms with E-state index in [0.717, 1.165) is 31.2 Å². The molecule has 0 saturated heterocycles. The van der Waals surface area contributed by atoms with Crippen molar-refractivity contribution in [1.82, 2.24) is 15.5 Å². The molecule has 33 heavy (non-hydrogen) atoms. The summed E-state index contributed by atoms with van der Waals surface area (Å²) in [5.41, 5.74) is 1.34. The number of para-hydroxylation sites is 1. The Morgan fingerprint density at radius 3 is 2.58 bits per heavy atom. The highest BCUT2D eigenvalue weighted by Crippen LogP contribution is 2.19. The molecule has 0 fully saturated rings. The van der Waals surface area contributed by atoms with E-state index in [2.05, 4.69) is 10.6 Å². The van der Waals surface area contributed by atoms with E-state index in [-0.39, 0.29) is 24.7 Å². The molecule has 2 N–H and O–H groups in total. The number of amides is 3. The summed E-state index contributed by atoms with van der Waals surface area (Å²) in [5.74, 6) is -0.234. The van der Waals surface area contributed by atoms with E-state index in [9.17, 15) is 14.4 Å². The highest BCUT2D eigenvalue weighted by Gasteiger charge is 2.24. The fourth-order valence-electron chi connectivity index (χ4n) is 3.76. The molecule has 1 heterocycles. The SMILES string of the molecule is CN1CCCCCCOc2ccccc2C(=O)N[C@H](C(=O)NCc2ccccc2)CCC1=O. The first-order valence-corrected chi connectivity index (χ1v) is 11.6. The third kappa shape index (κ3) is 7.63. The normalized spacial score (nSPS) is 18.6. The Bertz CT molecular complexity index is 932. The molecule has 2 aromatic rings. The van der Waals surface area contributed by atoms with Gasteiger partial charge in [0.2, 0.25) is 11.8 Å². The maximum Gasteiger partial charge on any atom is 0.255 e. The Hall–Kier alpha value is -3.35. The lowest BCUT2D eigenvalue weighted by Crippen LogP contribution is -2.47. The van der Waals surface area contributed by atoms with Gasteiger partial charge < -0.3 is 20.3 Å². The van der Waals surface area contributed by atoms with Crippen LogP contribution in [0.3, 0.4) is 0 Å². The van der Waals surface area contributed by atoms with Crippen molar-refractivity contribution in [3.63, 3.8) is 0 Å². The van der Waals surface area contributed by atoms with E-state index in [4.69, 9.17) is 4.74 Å². The number of fused-ring (bicyclic) bond motifs is 1. The van der Waals surface area contributed by atoms with Crippen LogP contribution in [-0.2, 0) is 16.1 Å². The van der Waals surface area contributed by atoms with Crippen molar-refractivity contribution in [1.29, 1.82) is 0 Å². The molecule has 0 unspecified atom stereocenters. The standard InChI is InChI=1S/C26H33N3O4/c1-29-17-9-2-3-10-18-33-23-14-8-7-13-21(23)25(31)28-22(15-16-24(29)30)26(32)27-19-20-11-5-4-6-12-20/h4-8,11-14,22H,2-3,9-10,15-19H2,1H3,(H,27,32)(H,28,31)/t22-/m0/s1. The molecule has 0 radical (unpaired) electrons. The first kappa shape index (κ1) is 24.3. The van der Waals surface area contributed by atoms with Crippen LogP contribution >= 0.6 is 0 Å². The first-order valence-electron chi connectivity index (χ1n) is 11.6. The van der Waals surface area contributed by atoms with E-state index >= 15 is 0 Å². The lowest BCUT2D eigenvalue weighted by Gasteiger charge is -2.22. The summed E-state index contributed by atoms with van der Waals surface area (Å²) in [6, 6.07) is 15.8. The van der Waals surface area contributed by atoms with Crippen molar-refractivity contribution in [3.05, 3.63) is 65.7 Å². The molecule has 1 aliphatic heterocycles. The predicted octanol–water partition coefficient (Wildman–Crippen LogP) is 3.29. The largest absolute Gasteiger partial charge is 0.493 e. The molecule has 1 aliphatic rings. The molecule has 0 aromatic heterocycles. The van der Waals surface area contributed by atoms with Crippen molar-refractivity contribution in [2.45, 2.75) is 51.1 Å². The van der Waals surface area contributed by atoms with Gasteiger partial charge in [-0.05, 0) is 37.0 Å². The van der Waals surface area contributed by atoms with E-state index in [1.54, 1.807) is 30.1 Å². The number of benzene rings is 2. The van der Waals surface area contributed by atoms with Gasteiger partial charge in [-0.15, -0.1) is 0 Å². The average molecular weight is 452 g/mol. The number of nitrogens with one attached hydrogen (secondary N) is 2. The number of hydrogen-bond donors (Lipinski definition) is 2. The number of ether oxygens (including phenoxy) is 1. The zero-order valence-corrected chi connectivity index (χ0v) is 19.2. The summed E-state index contributed by atoms with van der Waals surface area (Å²) in [4.78, 5) is 40.3. The van der Waals surface area contributed by atoms with Gasteiger partial charge >= 0.3 is 0 Å². The van der Waals surface area contributed by atoms with Crippen LogP contribution in [0.25, 0.3) is 0 Å². The molecular weight excluding hydrogens is 418 g/mol. The van der Waals surface area contributed by atoms with E-state index in [0.29, 0.717) is 31.0 Å². The lowest BCUT2D eigenvalue weighted by molar-refractivity contribution is -0.130. The molecule has 0 spiro atoms. The van der Waals surface area contributed by atoms with Gasteiger partial charge in [-0.3, -0.25) is 14.4 Å². The van der Waals surface area contributed by atoms with Crippen molar-refractivity contribution in [3.8, 4) is 5.75 Å². The average Bonchev–Trinajstić information content (AvgIpc) is 2.84. The smallest absolute Gasteiger partial charge is 0.255 e. The zero-order chi connectivity index (χ0) is 23.5. The molecule has 0 bridgehead atoms. The minimum atomic E-state index is -0.834. The summed E-state index contributed by atoms with van der Waals surface area (Å²) in [5, 5.41) is 5.71. The molecule has 0 aliphatic carbocycles. The van der Waals surface area contributed by atoms with Gasteiger partial charge in [0.15, 0.2) is 0 Å². The number of carbonyl (C=O) groups is 3. The maximum atomic E-state index is 13.1. The highest BCUT2D eigenvalue weighted by atomic mass is 16.5. The molecule has 0 saturated carbocycles. The van der Waals surface area contributed by atoms with Crippen LogP contribution in [0.5, 0.6) is 5.75 Å². The minimum Gasteiger partial charge on any atom is -0.493 e. The number of hydrogen-bond acceptors (Lipinski definition) is 4. The molecule has 3 rings (SSSR count). The first-order chi connectivity index (χ1) is 16.0. The Labute approximate surface area is 195 Å². The van der Waals surface area contributed by atoms with Crippen LogP contribution in [-0.4, -0.2) is 48.9 Å². The van der Waals surface area contributed by atoms with Crippen LogP contribution in [0.1, 0.15) is 54.4 Å². The van der Waals surface area contributed by atoms with Gasteiger partial charge in [-0.1, -0.05) is 55.3 Å². The summed E-state index contributed by atoms with van der Waals surface area (Å²) in [6.45, 7) is 1.54. The second-order valence-corrected chi connectivity index (χ2v) is 8.34. The predicted molar refractivity (Wildman–Crippen MR) is 127 cm³/mol. The number of carbonyl (C=O) groups excluding carboxylic acids is 3. The molecule has 3 amide bonds. The van der Waals surface area contributed by atoms with Gasteiger partial charge in [0.25, 0.3) is 5.91 Å². The minimum absolute atomic E-state index is 0.0269. The fraction of sp³-hybridized carbons (Fsp3) is 0.423. The van der Waals surface area contributed by atoms with Crippen LogP contribution < -0.4 is 15.4 Å². The molecule has 1 atom stereocenters. The zero-order valence-electron chi connectivity index (χ0n) is 19.2. The van der Waals surface area contributed by atoms with Crippen molar-refractivity contribution in [2.75, 3.05) is 20.2 Å². The third-order valence-electron chi connectivity index (χ3n) is 5.78. The van der Waals surface area contributed by atoms with Crippen molar-refractivity contribution >= 4 is 17.7 Å². The van der Waals surface area contributed by atoms with Crippen LogP contribution in [0.2, 0.25) is 0 Å². The van der Waals surface area contributed by atoms with Crippen LogP contribution in [0.4, 0.5) is 0 Å². The number of nitrogens with zero attached hydrogens (tertiary/aromatic N) is 1. The van der Waals surface area contributed by atoms with E-state index in [1.807, 2.05) is 36.4 Å². The summed E-state index contributed by atoms with van der Waals surface area (Å²) in [6.07, 6.45) is 4.21. The topological polar surface area (TPSA) is 87.7 Å². The van der Waals surface area contributed by atoms with Gasteiger partial charge in [0, 0.05) is 26.6 Å². The monoisotopic (exact) mass is 451 g/mol. The summed E-state index contributed by atoms with van der Waals surface area (Å²) in [7, 11) is 1.79. The van der Waals surface area contributed by atoms with E-state index < -0.39 is 11.9 Å². The Kier molecular flexibility index (Phi) is 9.30. The molecule has 7 nitrogen and oxygen atoms in total. The van der Waals surface area contributed by atoms with E-state index in [1.165, 1.54) is 0 Å². The fourth-order valence-corrected chi connectivity index (χ4v) is 3.76. The third-order valence-corrected chi connectivity index (χ3v) is 5.78. The quantitative estimate of drug-likeness (QED) is 0.750. The maximum absolute atomic E-state index is 13.1.